The lowest BCUT2D eigenvalue weighted by Gasteiger charge is -2.33. The summed E-state index contributed by atoms with van der Waals surface area (Å²) in [7, 11) is 0. The molecule has 2 aromatic rings. The fraction of sp³-hybridized carbons (Fsp3) is 0.222. The number of rotatable bonds is 2. The van der Waals surface area contributed by atoms with Crippen molar-refractivity contribution in [3.63, 3.8) is 0 Å². The summed E-state index contributed by atoms with van der Waals surface area (Å²) < 4.78 is 5.07. The second-order valence-corrected chi connectivity index (χ2v) is 5.97. The molecule has 0 unspecified atom stereocenters. The van der Waals surface area contributed by atoms with Gasteiger partial charge in [0.1, 0.15) is 0 Å². The lowest BCUT2D eigenvalue weighted by atomic mass is 10.2. The van der Waals surface area contributed by atoms with Gasteiger partial charge in [0.2, 0.25) is 0 Å². The minimum Gasteiger partial charge on any atom is -0.459 e. The molecule has 140 valence electrons. The van der Waals surface area contributed by atoms with Gasteiger partial charge in [-0.1, -0.05) is 0 Å². The van der Waals surface area contributed by atoms with E-state index in [-0.39, 0.29) is 43.4 Å². The monoisotopic (exact) mass is 370 g/mol. The molecule has 1 aromatic carbocycles. The lowest BCUT2D eigenvalue weighted by Crippen LogP contribution is -2.54. The van der Waals surface area contributed by atoms with Gasteiger partial charge in [0, 0.05) is 37.4 Å². The molecular formula is C18H18N4O5. The summed E-state index contributed by atoms with van der Waals surface area (Å²) in [6, 6.07) is 9.15. The van der Waals surface area contributed by atoms with Crippen molar-refractivity contribution in [3.8, 4) is 0 Å². The van der Waals surface area contributed by atoms with Crippen molar-refractivity contribution in [3.05, 3.63) is 54.0 Å². The number of benzene rings is 1. The van der Waals surface area contributed by atoms with E-state index in [0.717, 1.165) is 0 Å². The molecule has 1 aliphatic heterocycles. The first-order valence-electron chi connectivity index (χ1n) is 8.28. The van der Waals surface area contributed by atoms with E-state index in [1.54, 1.807) is 17.0 Å². The molecule has 1 fully saturated rings. The standard InChI is InChI=1S/C18H18N4O5/c19-13-5-3-12(4-6-13)15(23)20-16(24)18(26)22-9-7-21(8-10-22)17(25)14-2-1-11-27-14/h1-6,11H,7-10,19H2,(H,20,23,24). The van der Waals surface area contributed by atoms with Crippen LogP contribution in [0.3, 0.4) is 0 Å². The van der Waals surface area contributed by atoms with Crippen molar-refractivity contribution in [2.24, 2.45) is 0 Å². The average molecular weight is 370 g/mol. The minimum absolute atomic E-state index is 0.189. The highest BCUT2D eigenvalue weighted by Crippen LogP contribution is 2.10. The Kier molecular flexibility index (Phi) is 5.20. The lowest BCUT2D eigenvalue weighted by molar-refractivity contribution is -0.146. The van der Waals surface area contributed by atoms with E-state index < -0.39 is 17.7 Å². The molecule has 3 rings (SSSR count). The third kappa shape index (κ3) is 4.14. The van der Waals surface area contributed by atoms with Crippen LogP contribution in [0.4, 0.5) is 5.69 Å². The van der Waals surface area contributed by atoms with Crippen LogP contribution in [0.2, 0.25) is 0 Å². The quantitative estimate of drug-likeness (QED) is 0.570. The number of nitrogens with one attached hydrogen (secondary N) is 1. The highest BCUT2D eigenvalue weighted by Gasteiger charge is 2.29. The van der Waals surface area contributed by atoms with Gasteiger partial charge in [0.05, 0.1) is 6.26 Å². The maximum absolute atomic E-state index is 12.2. The third-order valence-electron chi connectivity index (χ3n) is 4.18. The van der Waals surface area contributed by atoms with Crippen LogP contribution in [-0.2, 0) is 9.59 Å². The van der Waals surface area contributed by atoms with Gasteiger partial charge in [-0.3, -0.25) is 24.5 Å². The van der Waals surface area contributed by atoms with Crippen LogP contribution in [0.25, 0.3) is 0 Å². The smallest absolute Gasteiger partial charge is 0.316 e. The summed E-state index contributed by atoms with van der Waals surface area (Å²) in [5.74, 6) is -2.55. The Hall–Kier alpha value is -3.62. The van der Waals surface area contributed by atoms with Gasteiger partial charge >= 0.3 is 11.8 Å². The Balaban J connectivity index is 1.52. The van der Waals surface area contributed by atoms with Crippen molar-refractivity contribution in [2.75, 3.05) is 31.9 Å². The van der Waals surface area contributed by atoms with E-state index in [1.165, 1.54) is 35.4 Å². The number of imide groups is 1. The number of hydrogen-bond donors (Lipinski definition) is 2. The normalized spacial score (nSPS) is 13.9. The van der Waals surface area contributed by atoms with Crippen LogP contribution in [0.5, 0.6) is 0 Å². The minimum atomic E-state index is -1.01. The number of furan rings is 1. The highest BCUT2D eigenvalue weighted by atomic mass is 16.3. The van der Waals surface area contributed by atoms with Gasteiger partial charge in [-0.05, 0) is 36.4 Å². The van der Waals surface area contributed by atoms with Gasteiger partial charge in [0.15, 0.2) is 5.76 Å². The molecule has 9 nitrogen and oxygen atoms in total. The van der Waals surface area contributed by atoms with Crippen LogP contribution in [0.15, 0.2) is 47.1 Å². The summed E-state index contributed by atoms with van der Waals surface area (Å²) in [6.07, 6.45) is 1.41. The third-order valence-corrected chi connectivity index (χ3v) is 4.18. The summed E-state index contributed by atoms with van der Waals surface area (Å²) in [5.41, 5.74) is 6.25. The predicted molar refractivity (Wildman–Crippen MR) is 94.5 cm³/mol. The number of anilines is 1. The zero-order chi connectivity index (χ0) is 19.4. The Morgan fingerprint density at radius 3 is 2.15 bits per heavy atom. The fourth-order valence-electron chi connectivity index (χ4n) is 2.68. The van der Waals surface area contributed by atoms with Crippen LogP contribution in [0, 0.1) is 0 Å². The number of nitrogens with zero attached hydrogens (tertiary/aromatic N) is 2. The molecule has 0 spiro atoms. The van der Waals surface area contributed by atoms with E-state index in [0.29, 0.717) is 5.69 Å². The maximum Gasteiger partial charge on any atom is 0.316 e. The first-order valence-corrected chi connectivity index (χ1v) is 8.28. The van der Waals surface area contributed by atoms with Crippen LogP contribution < -0.4 is 11.1 Å². The van der Waals surface area contributed by atoms with Crippen LogP contribution in [-0.4, -0.2) is 59.6 Å². The zero-order valence-corrected chi connectivity index (χ0v) is 14.4. The second kappa shape index (κ2) is 7.73. The number of piperazine rings is 1. The number of hydrogen-bond acceptors (Lipinski definition) is 6. The molecule has 1 saturated heterocycles. The first-order chi connectivity index (χ1) is 13.0. The van der Waals surface area contributed by atoms with E-state index in [9.17, 15) is 19.2 Å². The predicted octanol–water partition coefficient (Wildman–Crippen LogP) is 0.103. The van der Waals surface area contributed by atoms with Gasteiger partial charge in [-0.25, -0.2) is 0 Å². The van der Waals surface area contributed by atoms with Gasteiger partial charge in [-0.15, -0.1) is 0 Å². The van der Waals surface area contributed by atoms with Crippen molar-refractivity contribution in [2.45, 2.75) is 0 Å². The molecule has 0 atom stereocenters. The van der Waals surface area contributed by atoms with E-state index >= 15 is 0 Å². The molecule has 0 bridgehead atoms. The number of nitrogen functional groups attached to an aromatic ring is 1. The first kappa shape index (κ1) is 18.2. The Labute approximate surface area is 154 Å². The molecule has 9 heteroatoms. The SMILES string of the molecule is Nc1ccc(C(=O)NC(=O)C(=O)N2CCN(C(=O)c3ccco3)CC2)cc1. The largest absolute Gasteiger partial charge is 0.459 e. The Bertz CT molecular complexity index is 852. The molecule has 1 aromatic heterocycles. The zero-order valence-electron chi connectivity index (χ0n) is 14.4. The van der Waals surface area contributed by atoms with Crippen LogP contribution in [0.1, 0.15) is 20.9 Å². The second-order valence-electron chi connectivity index (χ2n) is 5.97. The Morgan fingerprint density at radius 2 is 1.56 bits per heavy atom. The van der Waals surface area contributed by atoms with Crippen molar-refractivity contribution < 1.29 is 23.6 Å². The molecule has 0 aliphatic carbocycles. The Morgan fingerprint density at radius 1 is 0.926 bits per heavy atom. The van der Waals surface area contributed by atoms with E-state index in [4.69, 9.17) is 10.2 Å². The molecule has 0 radical (unpaired) electrons. The van der Waals surface area contributed by atoms with Gasteiger partial charge in [-0.2, -0.15) is 0 Å². The van der Waals surface area contributed by atoms with Crippen LogP contribution >= 0.6 is 0 Å². The maximum atomic E-state index is 12.2. The molecule has 27 heavy (non-hydrogen) atoms. The van der Waals surface area contributed by atoms with E-state index in [2.05, 4.69) is 5.32 Å². The molecule has 2 heterocycles. The van der Waals surface area contributed by atoms with E-state index in [1.807, 2.05) is 0 Å². The van der Waals surface area contributed by atoms with Gasteiger partial charge in [0.25, 0.3) is 11.8 Å². The molecule has 1 aliphatic rings. The molecule has 4 amide bonds. The topological polar surface area (TPSA) is 126 Å². The summed E-state index contributed by atoms with van der Waals surface area (Å²) in [4.78, 5) is 51.4. The molecular weight excluding hydrogens is 352 g/mol. The number of carbonyl (C=O) groups excluding carboxylic acids is 4. The van der Waals surface area contributed by atoms with Crippen molar-refractivity contribution >= 4 is 29.3 Å². The van der Waals surface area contributed by atoms with Gasteiger partial charge < -0.3 is 20.0 Å². The molecule has 0 saturated carbocycles. The number of nitrogens with two attached hydrogens (primary N) is 1. The van der Waals surface area contributed by atoms with Crippen molar-refractivity contribution in [1.29, 1.82) is 0 Å². The molecule has 3 N–H and O–H groups in total. The summed E-state index contributed by atoms with van der Waals surface area (Å²) >= 11 is 0. The fourth-order valence-corrected chi connectivity index (χ4v) is 2.68. The average Bonchev–Trinajstić information content (AvgIpc) is 3.22. The highest BCUT2D eigenvalue weighted by molar-refractivity contribution is 6.38. The van der Waals surface area contributed by atoms with Crippen molar-refractivity contribution in [1.82, 2.24) is 15.1 Å². The summed E-state index contributed by atoms with van der Waals surface area (Å²) in [5, 5.41) is 2.06. The number of carbonyl (C=O) groups is 4. The summed E-state index contributed by atoms with van der Waals surface area (Å²) in [6.45, 7) is 0.915. The number of amides is 4.